The van der Waals surface area contributed by atoms with Gasteiger partial charge in [-0.25, -0.2) is 4.98 Å². The first-order valence-corrected chi connectivity index (χ1v) is 7.00. The molecular formula is C12H16ClN3OS. The van der Waals surface area contributed by atoms with Crippen LogP contribution in [0.5, 0.6) is 0 Å². The van der Waals surface area contributed by atoms with Crippen molar-refractivity contribution in [2.75, 3.05) is 0 Å². The molecule has 0 aliphatic carbocycles. The molecule has 0 amide bonds. The summed E-state index contributed by atoms with van der Waals surface area (Å²) in [4.78, 5) is 4.35. The van der Waals surface area contributed by atoms with E-state index in [0.717, 1.165) is 22.1 Å². The number of halogens is 1. The maximum atomic E-state index is 10.1. The topological polar surface area (TPSA) is 50.9 Å². The van der Waals surface area contributed by atoms with Crippen LogP contribution in [0, 0.1) is 13.8 Å². The van der Waals surface area contributed by atoms with Crippen molar-refractivity contribution in [2.45, 2.75) is 32.8 Å². The smallest absolute Gasteiger partial charge is 0.0954 e. The molecule has 2 aromatic rings. The molecule has 0 aromatic carbocycles. The number of nitrogens with zero attached hydrogens (tertiary/aromatic N) is 3. The molecule has 0 radical (unpaired) electrons. The Balaban J connectivity index is 2.05. The first-order chi connectivity index (χ1) is 8.47. The van der Waals surface area contributed by atoms with Crippen molar-refractivity contribution >= 4 is 22.9 Å². The summed E-state index contributed by atoms with van der Waals surface area (Å²) in [6.07, 6.45) is 0.566. The first kappa shape index (κ1) is 13.5. The second-order valence-electron chi connectivity index (χ2n) is 4.41. The van der Waals surface area contributed by atoms with Gasteiger partial charge in [-0.15, -0.1) is 11.3 Å². The van der Waals surface area contributed by atoms with Crippen molar-refractivity contribution in [1.82, 2.24) is 14.8 Å². The molecular weight excluding hydrogens is 270 g/mol. The molecule has 0 bridgehead atoms. The van der Waals surface area contributed by atoms with Crippen LogP contribution in [-0.2, 0) is 19.9 Å². The van der Waals surface area contributed by atoms with Gasteiger partial charge in [-0.1, -0.05) is 11.6 Å². The third-order valence-corrected chi connectivity index (χ3v) is 4.25. The molecule has 1 N–H and O–H groups in total. The van der Waals surface area contributed by atoms with Crippen LogP contribution in [0.15, 0.2) is 5.38 Å². The average Bonchev–Trinajstić information content (AvgIpc) is 2.78. The van der Waals surface area contributed by atoms with Gasteiger partial charge in [0.25, 0.3) is 0 Å². The summed E-state index contributed by atoms with van der Waals surface area (Å²) in [6, 6.07) is 0. The minimum Gasteiger partial charge on any atom is -0.392 e. The third-order valence-electron chi connectivity index (χ3n) is 2.77. The quantitative estimate of drug-likeness (QED) is 0.938. The Morgan fingerprint density at radius 3 is 2.67 bits per heavy atom. The molecule has 18 heavy (non-hydrogen) atoms. The van der Waals surface area contributed by atoms with Crippen molar-refractivity contribution in [2.24, 2.45) is 7.05 Å². The number of hydrogen-bond acceptors (Lipinski definition) is 4. The number of hydrogen-bond donors (Lipinski definition) is 1. The number of aliphatic hydroxyl groups is 1. The predicted octanol–water partition coefficient (Wildman–Crippen LogP) is 2.29. The van der Waals surface area contributed by atoms with Crippen LogP contribution in [0.2, 0.25) is 5.02 Å². The van der Waals surface area contributed by atoms with E-state index in [0.29, 0.717) is 17.9 Å². The van der Waals surface area contributed by atoms with Crippen LogP contribution in [0.1, 0.15) is 22.1 Å². The van der Waals surface area contributed by atoms with Crippen molar-refractivity contribution in [3.05, 3.63) is 32.5 Å². The van der Waals surface area contributed by atoms with E-state index in [-0.39, 0.29) is 0 Å². The lowest BCUT2D eigenvalue weighted by molar-refractivity contribution is 0.172. The molecule has 0 aliphatic rings. The van der Waals surface area contributed by atoms with Crippen molar-refractivity contribution in [3.8, 4) is 0 Å². The third kappa shape index (κ3) is 2.91. The Hall–Kier alpha value is -0.910. The molecule has 4 nitrogen and oxygen atoms in total. The number of aliphatic hydroxyl groups excluding tert-OH is 1. The monoisotopic (exact) mass is 285 g/mol. The fraction of sp³-hybridized carbons (Fsp3) is 0.500. The highest BCUT2D eigenvalue weighted by atomic mass is 35.5. The van der Waals surface area contributed by atoms with Crippen LogP contribution >= 0.6 is 22.9 Å². The molecule has 0 fully saturated rings. The summed E-state index contributed by atoms with van der Waals surface area (Å²) in [5, 5.41) is 17.9. The second-order valence-corrected chi connectivity index (χ2v) is 5.74. The first-order valence-electron chi connectivity index (χ1n) is 5.74. The highest BCUT2D eigenvalue weighted by Crippen LogP contribution is 2.22. The molecule has 0 aliphatic heterocycles. The predicted molar refractivity (Wildman–Crippen MR) is 73.2 cm³/mol. The highest BCUT2D eigenvalue weighted by molar-refractivity contribution is 7.09. The number of aromatic nitrogens is 3. The van der Waals surface area contributed by atoms with Gasteiger partial charge in [-0.05, 0) is 13.8 Å². The summed E-state index contributed by atoms with van der Waals surface area (Å²) in [5.74, 6) is 0. The number of aryl methyl sites for hydroxylation is 3. The molecule has 0 saturated heterocycles. The van der Waals surface area contributed by atoms with Gasteiger partial charge in [0, 0.05) is 31.0 Å². The van der Waals surface area contributed by atoms with Crippen LogP contribution in [0.3, 0.4) is 0 Å². The molecule has 0 saturated carbocycles. The fourth-order valence-corrected chi connectivity index (χ4v) is 2.98. The molecule has 98 valence electrons. The van der Waals surface area contributed by atoms with E-state index in [9.17, 15) is 5.11 Å². The van der Waals surface area contributed by atoms with Gasteiger partial charge >= 0.3 is 0 Å². The lowest BCUT2D eigenvalue weighted by atomic mass is 10.1. The van der Waals surface area contributed by atoms with Crippen LogP contribution in [0.4, 0.5) is 0 Å². The summed E-state index contributed by atoms with van der Waals surface area (Å²) < 4.78 is 1.73. The van der Waals surface area contributed by atoms with E-state index < -0.39 is 6.10 Å². The zero-order chi connectivity index (χ0) is 13.3. The van der Waals surface area contributed by atoms with E-state index in [1.807, 2.05) is 26.3 Å². The van der Waals surface area contributed by atoms with Crippen molar-refractivity contribution in [1.29, 1.82) is 0 Å². The molecule has 0 spiro atoms. The minimum absolute atomic E-state index is 0.483. The van der Waals surface area contributed by atoms with E-state index >= 15 is 0 Å². The summed E-state index contributed by atoms with van der Waals surface area (Å²) in [6.45, 7) is 3.82. The van der Waals surface area contributed by atoms with Gasteiger partial charge in [-0.2, -0.15) is 5.10 Å². The van der Waals surface area contributed by atoms with E-state index in [4.69, 9.17) is 11.6 Å². The molecule has 1 atom stereocenters. The SMILES string of the molecule is Cc1csc(CC(O)Cc2c(Cl)c(C)nn2C)n1. The maximum Gasteiger partial charge on any atom is 0.0954 e. The standard InChI is InChI=1S/C12H16ClN3OS/c1-7-6-18-11(14-7)5-9(17)4-10-12(13)8(2)15-16(10)3/h6,9,17H,4-5H2,1-3H3. The highest BCUT2D eigenvalue weighted by Gasteiger charge is 2.16. The van der Waals surface area contributed by atoms with Crippen LogP contribution in [0.25, 0.3) is 0 Å². The largest absolute Gasteiger partial charge is 0.392 e. The summed E-state index contributed by atoms with van der Waals surface area (Å²) >= 11 is 7.73. The lowest BCUT2D eigenvalue weighted by Gasteiger charge is -2.09. The summed E-state index contributed by atoms with van der Waals surface area (Å²) in [5.41, 5.74) is 2.66. The van der Waals surface area contributed by atoms with E-state index in [2.05, 4.69) is 10.1 Å². The average molecular weight is 286 g/mol. The van der Waals surface area contributed by atoms with Crippen molar-refractivity contribution < 1.29 is 5.11 Å². The second kappa shape index (κ2) is 5.38. The van der Waals surface area contributed by atoms with Gasteiger partial charge in [0.15, 0.2) is 0 Å². The zero-order valence-corrected chi connectivity index (χ0v) is 12.2. The van der Waals surface area contributed by atoms with E-state index in [1.54, 1.807) is 16.0 Å². The lowest BCUT2D eigenvalue weighted by Crippen LogP contribution is -2.16. The molecule has 6 heteroatoms. The molecule has 1 unspecified atom stereocenters. The van der Waals surface area contributed by atoms with Crippen LogP contribution < -0.4 is 0 Å². The normalized spacial score (nSPS) is 12.9. The van der Waals surface area contributed by atoms with Gasteiger partial charge < -0.3 is 5.11 Å². The minimum atomic E-state index is -0.483. The molecule has 2 aromatic heterocycles. The van der Waals surface area contributed by atoms with Gasteiger partial charge in [0.05, 0.1) is 27.5 Å². The molecule has 2 rings (SSSR count). The van der Waals surface area contributed by atoms with Gasteiger partial charge in [0.2, 0.25) is 0 Å². The Morgan fingerprint density at radius 2 is 2.17 bits per heavy atom. The van der Waals surface area contributed by atoms with Gasteiger partial charge in [0.1, 0.15) is 0 Å². The van der Waals surface area contributed by atoms with Crippen molar-refractivity contribution in [3.63, 3.8) is 0 Å². The number of rotatable bonds is 4. The fourth-order valence-electron chi connectivity index (χ4n) is 1.90. The Morgan fingerprint density at radius 1 is 1.44 bits per heavy atom. The van der Waals surface area contributed by atoms with Crippen LogP contribution in [-0.4, -0.2) is 26.0 Å². The maximum absolute atomic E-state index is 10.1. The zero-order valence-electron chi connectivity index (χ0n) is 10.6. The molecule has 2 heterocycles. The summed E-state index contributed by atoms with van der Waals surface area (Å²) in [7, 11) is 1.84. The Labute approximate surface area is 115 Å². The number of thiazole rings is 1. The Bertz CT molecular complexity index is 550. The van der Waals surface area contributed by atoms with Gasteiger partial charge in [-0.3, -0.25) is 4.68 Å². The van der Waals surface area contributed by atoms with E-state index in [1.165, 1.54) is 0 Å². The Kier molecular flexibility index (Phi) is 4.04.